The van der Waals surface area contributed by atoms with Gasteiger partial charge in [-0.2, -0.15) is 0 Å². The van der Waals surface area contributed by atoms with Crippen molar-refractivity contribution in [3.05, 3.63) is 34.9 Å². The summed E-state index contributed by atoms with van der Waals surface area (Å²) >= 11 is 5.85. The molecule has 0 spiro atoms. The van der Waals surface area contributed by atoms with Crippen LogP contribution in [-0.2, 0) is 11.2 Å². The molecule has 1 aliphatic heterocycles. The van der Waals surface area contributed by atoms with E-state index in [0.717, 1.165) is 37.4 Å². The maximum atomic E-state index is 5.85. The molecule has 0 aliphatic carbocycles. The Bertz CT molecular complexity index is 339. The first kappa shape index (κ1) is 12.9. The molecule has 0 radical (unpaired) electrons. The van der Waals surface area contributed by atoms with Crippen LogP contribution in [0.3, 0.4) is 0 Å². The van der Waals surface area contributed by atoms with E-state index in [1.54, 1.807) is 0 Å². The van der Waals surface area contributed by atoms with Crippen molar-refractivity contribution >= 4 is 11.6 Å². The molecule has 2 nitrogen and oxygen atoms in total. The third kappa shape index (κ3) is 4.30. The smallest absolute Gasteiger partial charge is 0.0561 e. The molecule has 0 bridgehead atoms. The number of nitrogens with one attached hydrogen (secondary N) is 1. The van der Waals surface area contributed by atoms with Gasteiger partial charge >= 0.3 is 0 Å². The van der Waals surface area contributed by atoms with E-state index in [1.165, 1.54) is 5.56 Å². The monoisotopic (exact) mass is 253 g/mol. The summed E-state index contributed by atoms with van der Waals surface area (Å²) < 4.78 is 5.53. The summed E-state index contributed by atoms with van der Waals surface area (Å²) in [5, 5.41) is 4.41. The summed E-state index contributed by atoms with van der Waals surface area (Å²) in [5.74, 6) is 0. The fraction of sp³-hybridized carbons (Fsp3) is 0.571. The predicted molar refractivity (Wildman–Crippen MR) is 71.6 cm³/mol. The van der Waals surface area contributed by atoms with Gasteiger partial charge in [0.1, 0.15) is 0 Å². The van der Waals surface area contributed by atoms with E-state index in [0.29, 0.717) is 12.1 Å². The highest BCUT2D eigenvalue weighted by Gasteiger charge is 2.18. The molecule has 0 saturated carbocycles. The van der Waals surface area contributed by atoms with E-state index < -0.39 is 0 Å². The van der Waals surface area contributed by atoms with Crippen molar-refractivity contribution in [1.82, 2.24) is 5.32 Å². The molecule has 1 N–H and O–H groups in total. The first-order chi connectivity index (χ1) is 8.24. The Morgan fingerprint density at radius 3 is 2.82 bits per heavy atom. The first-order valence-electron chi connectivity index (χ1n) is 6.33. The van der Waals surface area contributed by atoms with Gasteiger partial charge in [0.25, 0.3) is 0 Å². The third-order valence-corrected chi connectivity index (χ3v) is 3.50. The Morgan fingerprint density at radius 1 is 1.35 bits per heavy atom. The van der Waals surface area contributed by atoms with Crippen molar-refractivity contribution < 1.29 is 4.74 Å². The molecule has 94 valence electrons. The lowest BCUT2D eigenvalue weighted by Gasteiger charge is -2.28. The minimum atomic E-state index is 0.400. The molecular weight excluding hydrogens is 234 g/mol. The van der Waals surface area contributed by atoms with Crippen LogP contribution in [0.1, 0.15) is 25.3 Å². The molecule has 2 unspecified atom stereocenters. The Labute approximate surface area is 108 Å². The molecule has 1 aliphatic rings. The summed E-state index contributed by atoms with van der Waals surface area (Å²) in [6.45, 7) is 4.06. The van der Waals surface area contributed by atoms with Crippen molar-refractivity contribution in [2.75, 3.05) is 13.2 Å². The van der Waals surface area contributed by atoms with E-state index in [-0.39, 0.29) is 0 Å². The van der Waals surface area contributed by atoms with E-state index in [9.17, 15) is 0 Å². The summed E-state index contributed by atoms with van der Waals surface area (Å²) in [7, 11) is 0. The first-order valence-corrected chi connectivity index (χ1v) is 6.71. The Balaban J connectivity index is 1.70. The fourth-order valence-electron chi connectivity index (χ4n) is 2.26. The normalized spacial score (nSPS) is 24.8. The topological polar surface area (TPSA) is 21.3 Å². The largest absolute Gasteiger partial charge is 0.378 e. The Morgan fingerprint density at radius 2 is 2.12 bits per heavy atom. The molecule has 1 saturated heterocycles. The molecule has 0 amide bonds. The molecular formula is C14H20ClNO. The number of halogens is 1. The average molecular weight is 254 g/mol. The molecule has 3 heteroatoms. The lowest BCUT2D eigenvalue weighted by atomic mass is 10.0. The van der Waals surface area contributed by atoms with Gasteiger partial charge in [0.15, 0.2) is 0 Å². The lowest BCUT2D eigenvalue weighted by Crippen LogP contribution is -2.38. The van der Waals surface area contributed by atoms with E-state index >= 15 is 0 Å². The highest BCUT2D eigenvalue weighted by Crippen LogP contribution is 2.13. The molecule has 2 rings (SSSR count). The van der Waals surface area contributed by atoms with Crippen LogP contribution in [-0.4, -0.2) is 25.3 Å². The minimum absolute atomic E-state index is 0.400. The summed E-state index contributed by atoms with van der Waals surface area (Å²) in [5.41, 5.74) is 1.34. The second-order valence-corrected chi connectivity index (χ2v) is 5.17. The molecule has 2 atom stereocenters. The maximum absolute atomic E-state index is 5.85. The average Bonchev–Trinajstić information content (AvgIpc) is 2.32. The predicted octanol–water partition coefficient (Wildman–Crippen LogP) is 3.04. The van der Waals surface area contributed by atoms with E-state index in [1.807, 2.05) is 12.1 Å². The molecule has 1 fully saturated rings. The standard InChI is InChI=1S/C14H20ClNO/c1-11-10-14(7-9-17-11)16-8-6-12-2-4-13(15)5-3-12/h2-5,11,14,16H,6-10H2,1H3. The summed E-state index contributed by atoms with van der Waals surface area (Å²) in [6.07, 6.45) is 3.71. The van der Waals surface area contributed by atoms with Crippen molar-refractivity contribution in [1.29, 1.82) is 0 Å². The zero-order valence-corrected chi connectivity index (χ0v) is 11.0. The van der Waals surface area contributed by atoms with Gasteiger partial charge in [0.05, 0.1) is 6.10 Å². The van der Waals surface area contributed by atoms with Crippen LogP contribution in [0.15, 0.2) is 24.3 Å². The Kier molecular flexibility index (Phi) is 4.84. The molecule has 17 heavy (non-hydrogen) atoms. The molecule has 1 aromatic rings. The third-order valence-electron chi connectivity index (χ3n) is 3.25. The van der Waals surface area contributed by atoms with Crippen molar-refractivity contribution in [2.45, 2.75) is 38.3 Å². The zero-order valence-electron chi connectivity index (χ0n) is 10.3. The van der Waals surface area contributed by atoms with Gasteiger partial charge in [-0.05, 0) is 50.4 Å². The van der Waals surface area contributed by atoms with Gasteiger partial charge < -0.3 is 10.1 Å². The van der Waals surface area contributed by atoms with Crippen LogP contribution < -0.4 is 5.32 Å². The highest BCUT2D eigenvalue weighted by atomic mass is 35.5. The van der Waals surface area contributed by atoms with Gasteiger partial charge in [0.2, 0.25) is 0 Å². The quantitative estimate of drug-likeness (QED) is 0.891. The van der Waals surface area contributed by atoms with Crippen molar-refractivity contribution in [3.8, 4) is 0 Å². The fourth-order valence-corrected chi connectivity index (χ4v) is 2.38. The van der Waals surface area contributed by atoms with Gasteiger partial charge in [-0.25, -0.2) is 0 Å². The second kappa shape index (κ2) is 6.39. The van der Waals surface area contributed by atoms with Crippen LogP contribution in [0.25, 0.3) is 0 Å². The zero-order chi connectivity index (χ0) is 12.1. The maximum Gasteiger partial charge on any atom is 0.0561 e. The van der Waals surface area contributed by atoms with E-state index in [2.05, 4.69) is 24.4 Å². The lowest BCUT2D eigenvalue weighted by molar-refractivity contribution is 0.0135. The van der Waals surface area contributed by atoms with Gasteiger partial charge in [-0.15, -0.1) is 0 Å². The van der Waals surface area contributed by atoms with Crippen molar-refractivity contribution in [3.63, 3.8) is 0 Å². The van der Waals surface area contributed by atoms with Crippen LogP contribution in [0, 0.1) is 0 Å². The van der Waals surface area contributed by atoms with Crippen LogP contribution in [0.4, 0.5) is 0 Å². The van der Waals surface area contributed by atoms with Gasteiger partial charge in [0, 0.05) is 17.7 Å². The van der Waals surface area contributed by atoms with Crippen LogP contribution >= 0.6 is 11.6 Å². The Hall–Kier alpha value is -0.570. The number of hydrogen-bond donors (Lipinski definition) is 1. The van der Waals surface area contributed by atoms with Crippen LogP contribution in [0.2, 0.25) is 5.02 Å². The number of benzene rings is 1. The number of rotatable bonds is 4. The molecule has 0 aromatic heterocycles. The molecule has 1 aromatic carbocycles. The van der Waals surface area contributed by atoms with E-state index in [4.69, 9.17) is 16.3 Å². The highest BCUT2D eigenvalue weighted by molar-refractivity contribution is 6.30. The van der Waals surface area contributed by atoms with Gasteiger partial charge in [-0.1, -0.05) is 23.7 Å². The number of ether oxygens (including phenoxy) is 1. The minimum Gasteiger partial charge on any atom is -0.378 e. The molecule has 1 heterocycles. The van der Waals surface area contributed by atoms with Gasteiger partial charge in [-0.3, -0.25) is 0 Å². The van der Waals surface area contributed by atoms with Crippen molar-refractivity contribution in [2.24, 2.45) is 0 Å². The number of hydrogen-bond acceptors (Lipinski definition) is 2. The summed E-state index contributed by atoms with van der Waals surface area (Å²) in [6, 6.07) is 8.71. The second-order valence-electron chi connectivity index (χ2n) is 4.73. The summed E-state index contributed by atoms with van der Waals surface area (Å²) in [4.78, 5) is 0. The van der Waals surface area contributed by atoms with Crippen LogP contribution in [0.5, 0.6) is 0 Å². The SMILES string of the molecule is CC1CC(NCCc2ccc(Cl)cc2)CCO1.